The molecule has 2 atom stereocenters. The fourth-order valence-electron chi connectivity index (χ4n) is 3.25. The second kappa shape index (κ2) is 8.33. The van der Waals surface area contributed by atoms with Crippen molar-refractivity contribution in [1.29, 1.82) is 0 Å². The van der Waals surface area contributed by atoms with Crippen molar-refractivity contribution >= 4 is 28.9 Å². The third-order valence-electron chi connectivity index (χ3n) is 4.57. The Hall–Kier alpha value is -1.70. The Morgan fingerprint density at radius 1 is 1.46 bits per heavy atom. The zero-order chi connectivity index (χ0) is 18.7. The average Bonchev–Trinajstić information content (AvgIpc) is 3.04. The summed E-state index contributed by atoms with van der Waals surface area (Å²) in [4.78, 5) is 21.8. The number of hydrogen-bond acceptors (Lipinski definition) is 7. The fourth-order valence-corrected chi connectivity index (χ4v) is 4.49. The molecule has 2 N–H and O–H groups in total. The molecule has 0 unspecified atom stereocenters. The van der Waals surface area contributed by atoms with E-state index in [1.54, 1.807) is 6.20 Å². The number of nitrogens with zero attached hydrogens (tertiary/aromatic N) is 2. The number of carbonyl (C=O) groups is 1. The van der Waals surface area contributed by atoms with Crippen LogP contribution in [0.1, 0.15) is 36.9 Å². The van der Waals surface area contributed by atoms with Gasteiger partial charge in [-0.2, -0.15) is 0 Å². The molecule has 26 heavy (non-hydrogen) atoms. The molecular weight excluding hydrogens is 374 g/mol. The van der Waals surface area contributed by atoms with E-state index in [2.05, 4.69) is 9.97 Å². The number of nitrogens with two attached hydrogens (primary N) is 1. The van der Waals surface area contributed by atoms with Crippen LogP contribution in [-0.2, 0) is 16.1 Å². The van der Waals surface area contributed by atoms with Crippen molar-refractivity contribution in [3.05, 3.63) is 27.9 Å². The molecule has 0 amide bonds. The average molecular weight is 396 g/mol. The van der Waals surface area contributed by atoms with Crippen LogP contribution in [0.15, 0.2) is 12.3 Å². The molecule has 1 aliphatic rings. The van der Waals surface area contributed by atoms with E-state index in [1.807, 2.05) is 13.0 Å². The molecule has 0 aromatic carbocycles. The molecule has 1 fully saturated rings. The van der Waals surface area contributed by atoms with Gasteiger partial charge in [-0.05, 0) is 44.2 Å². The number of hydrogen-bond donors (Lipinski definition) is 1. The highest BCUT2D eigenvalue weighted by Crippen LogP contribution is 2.35. The molecule has 0 radical (unpaired) electrons. The topological polar surface area (TPSA) is 87.3 Å². The van der Waals surface area contributed by atoms with Gasteiger partial charge >= 0.3 is 5.97 Å². The van der Waals surface area contributed by atoms with Gasteiger partial charge in [0.25, 0.3) is 0 Å². The number of esters is 1. The van der Waals surface area contributed by atoms with Gasteiger partial charge in [-0.15, -0.1) is 11.3 Å². The lowest BCUT2D eigenvalue weighted by Crippen LogP contribution is -2.30. The Bertz CT molecular complexity index is 796. The SMILES string of the molecule is COC(=O)[C@H]1CCC[C@H](Oc2ncc(-c3sc(Cl)cc3CN)nc2C)C1. The Labute approximate surface area is 161 Å². The lowest BCUT2D eigenvalue weighted by Gasteiger charge is -2.27. The molecule has 140 valence electrons. The van der Waals surface area contributed by atoms with Gasteiger partial charge < -0.3 is 15.2 Å². The highest BCUT2D eigenvalue weighted by molar-refractivity contribution is 7.19. The normalized spacial score (nSPS) is 20.0. The summed E-state index contributed by atoms with van der Waals surface area (Å²) in [5.41, 5.74) is 8.18. The van der Waals surface area contributed by atoms with Crippen molar-refractivity contribution in [3.63, 3.8) is 0 Å². The molecule has 0 saturated heterocycles. The van der Waals surface area contributed by atoms with E-state index in [-0.39, 0.29) is 18.0 Å². The number of methoxy groups -OCH3 is 1. The van der Waals surface area contributed by atoms with Gasteiger partial charge in [0, 0.05) is 6.54 Å². The lowest BCUT2D eigenvalue weighted by atomic mass is 9.87. The van der Waals surface area contributed by atoms with Gasteiger partial charge in [0.15, 0.2) is 0 Å². The van der Waals surface area contributed by atoms with E-state index in [4.69, 9.17) is 26.8 Å². The summed E-state index contributed by atoms with van der Waals surface area (Å²) in [5.74, 6) is 0.230. The van der Waals surface area contributed by atoms with Crippen LogP contribution in [0.25, 0.3) is 10.6 Å². The van der Waals surface area contributed by atoms with Gasteiger partial charge in [0.1, 0.15) is 11.8 Å². The lowest BCUT2D eigenvalue weighted by molar-refractivity contribution is -0.147. The number of aryl methyl sites for hydroxylation is 1. The Kier molecular flexibility index (Phi) is 6.11. The summed E-state index contributed by atoms with van der Waals surface area (Å²) in [6.45, 7) is 2.26. The first-order chi connectivity index (χ1) is 12.5. The first-order valence-corrected chi connectivity index (χ1v) is 9.78. The Morgan fingerprint density at radius 3 is 2.96 bits per heavy atom. The van der Waals surface area contributed by atoms with Crippen LogP contribution in [0, 0.1) is 12.8 Å². The number of thiophene rings is 1. The molecule has 1 aliphatic carbocycles. The molecule has 0 bridgehead atoms. The van der Waals surface area contributed by atoms with Crippen LogP contribution in [0.3, 0.4) is 0 Å². The monoisotopic (exact) mass is 395 g/mol. The molecule has 2 aromatic heterocycles. The number of rotatable bonds is 5. The van der Waals surface area contributed by atoms with Crippen molar-refractivity contribution < 1.29 is 14.3 Å². The van der Waals surface area contributed by atoms with Gasteiger partial charge in [0.2, 0.25) is 5.88 Å². The van der Waals surface area contributed by atoms with Crippen molar-refractivity contribution in [1.82, 2.24) is 9.97 Å². The van der Waals surface area contributed by atoms with Crippen LogP contribution in [-0.4, -0.2) is 29.2 Å². The molecule has 8 heteroatoms. The first kappa shape index (κ1) is 19.1. The van der Waals surface area contributed by atoms with E-state index >= 15 is 0 Å². The number of aromatic nitrogens is 2. The third-order valence-corrected chi connectivity index (χ3v) is 5.90. The summed E-state index contributed by atoms with van der Waals surface area (Å²) < 4.78 is 11.6. The van der Waals surface area contributed by atoms with Crippen molar-refractivity contribution in [2.45, 2.75) is 45.3 Å². The molecule has 6 nitrogen and oxygen atoms in total. The van der Waals surface area contributed by atoms with E-state index in [0.29, 0.717) is 28.9 Å². The Morgan fingerprint density at radius 2 is 2.27 bits per heavy atom. The number of carbonyl (C=O) groups excluding carboxylic acids is 1. The van der Waals surface area contributed by atoms with Crippen LogP contribution in [0.2, 0.25) is 4.34 Å². The molecular formula is C18H22ClN3O3S. The molecule has 0 aliphatic heterocycles. The van der Waals surface area contributed by atoms with Crippen LogP contribution < -0.4 is 10.5 Å². The summed E-state index contributed by atoms with van der Waals surface area (Å²) >= 11 is 7.54. The standard InChI is InChI=1S/C18H22ClN3O3S/c1-10-17(25-13-5-3-4-11(6-13)18(23)24-2)21-9-14(22-10)16-12(8-20)7-15(19)26-16/h7,9,11,13H,3-6,8,20H2,1-2H3/t11-,13-/m0/s1. The van der Waals surface area contributed by atoms with Crippen molar-refractivity contribution in [3.8, 4) is 16.5 Å². The predicted molar refractivity (Wildman–Crippen MR) is 101 cm³/mol. The quantitative estimate of drug-likeness (QED) is 0.776. The van der Waals surface area contributed by atoms with Crippen LogP contribution in [0.5, 0.6) is 5.88 Å². The Balaban J connectivity index is 1.75. The highest BCUT2D eigenvalue weighted by Gasteiger charge is 2.29. The molecule has 2 aromatic rings. The van der Waals surface area contributed by atoms with E-state index in [1.165, 1.54) is 18.4 Å². The summed E-state index contributed by atoms with van der Waals surface area (Å²) in [6, 6.07) is 1.86. The minimum atomic E-state index is -0.166. The van der Waals surface area contributed by atoms with Crippen molar-refractivity contribution in [2.75, 3.05) is 7.11 Å². The van der Waals surface area contributed by atoms with Gasteiger partial charge in [-0.1, -0.05) is 11.6 Å². The summed E-state index contributed by atoms with van der Waals surface area (Å²) in [5, 5.41) is 0. The minimum Gasteiger partial charge on any atom is -0.473 e. The highest BCUT2D eigenvalue weighted by atomic mass is 35.5. The van der Waals surface area contributed by atoms with Gasteiger partial charge in [0.05, 0.1) is 34.1 Å². The minimum absolute atomic E-state index is 0.0533. The molecule has 3 rings (SSSR count). The zero-order valence-corrected chi connectivity index (χ0v) is 16.4. The first-order valence-electron chi connectivity index (χ1n) is 8.58. The maximum absolute atomic E-state index is 11.8. The van der Waals surface area contributed by atoms with Crippen LogP contribution in [0.4, 0.5) is 0 Å². The van der Waals surface area contributed by atoms with E-state index < -0.39 is 0 Å². The largest absolute Gasteiger partial charge is 0.473 e. The molecule has 1 saturated carbocycles. The van der Waals surface area contributed by atoms with Gasteiger partial charge in [-0.25, -0.2) is 9.97 Å². The molecule has 0 spiro atoms. The summed E-state index contributed by atoms with van der Waals surface area (Å²) in [7, 11) is 1.42. The summed E-state index contributed by atoms with van der Waals surface area (Å²) in [6.07, 6.45) is 4.95. The van der Waals surface area contributed by atoms with E-state index in [0.717, 1.165) is 35.4 Å². The molecule has 2 heterocycles. The number of ether oxygens (including phenoxy) is 2. The van der Waals surface area contributed by atoms with Gasteiger partial charge in [-0.3, -0.25) is 4.79 Å². The zero-order valence-electron chi connectivity index (χ0n) is 14.8. The van der Waals surface area contributed by atoms with Crippen LogP contribution >= 0.6 is 22.9 Å². The number of halogens is 1. The maximum Gasteiger partial charge on any atom is 0.308 e. The second-order valence-electron chi connectivity index (χ2n) is 6.38. The fraction of sp³-hybridized carbons (Fsp3) is 0.500. The predicted octanol–water partition coefficient (Wildman–Crippen LogP) is 3.74. The van der Waals surface area contributed by atoms with E-state index in [9.17, 15) is 4.79 Å². The third kappa shape index (κ3) is 4.16. The second-order valence-corrected chi connectivity index (χ2v) is 8.06. The van der Waals surface area contributed by atoms with Crippen molar-refractivity contribution in [2.24, 2.45) is 11.7 Å². The smallest absolute Gasteiger partial charge is 0.308 e. The maximum atomic E-state index is 11.8.